The van der Waals surface area contributed by atoms with E-state index < -0.39 is 0 Å². The van der Waals surface area contributed by atoms with Crippen LogP contribution in [0.3, 0.4) is 0 Å². The van der Waals surface area contributed by atoms with Crippen LogP contribution in [0.1, 0.15) is 29.1 Å². The van der Waals surface area contributed by atoms with Crippen molar-refractivity contribution in [2.24, 2.45) is 0 Å². The Balaban J connectivity index is 1.38. The van der Waals surface area contributed by atoms with Crippen LogP contribution in [-0.2, 0) is 25.1 Å². The van der Waals surface area contributed by atoms with Crippen LogP contribution in [0.5, 0.6) is 0 Å². The van der Waals surface area contributed by atoms with Crippen LogP contribution in [0.25, 0.3) is 10.9 Å². The van der Waals surface area contributed by atoms with Crippen LogP contribution in [0.4, 0.5) is 4.39 Å². The van der Waals surface area contributed by atoms with Crippen LogP contribution in [0.2, 0.25) is 0 Å². The molecule has 0 amide bonds. The minimum absolute atomic E-state index is 0.238. The molecule has 162 valence electrons. The summed E-state index contributed by atoms with van der Waals surface area (Å²) in [6, 6.07) is 15.2. The summed E-state index contributed by atoms with van der Waals surface area (Å²) in [5.74, 6) is 1.48. The van der Waals surface area contributed by atoms with E-state index in [1.165, 1.54) is 11.6 Å². The summed E-state index contributed by atoms with van der Waals surface area (Å²) in [5, 5.41) is 10.8. The number of nitrogens with zero attached hydrogens (tertiary/aromatic N) is 4. The molecule has 0 bridgehead atoms. The first-order valence-electron chi connectivity index (χ1n) is 10.6. The molecular formula is C24H23FN6S. The first-order chi connectivity index (χ1) is 15.8. The number of hydrogen-bond acceptors (Lipinski definition) is 4. The maximum atomic E-state index is 13.8. The van der Waals surface area contributed by atoms with E-state index in [0.29, 0.717) is 6.42 Å². The third-order valence-corrected chi connectivity index (χ3v) is 6.50. The van der Waals surface area contributed by atoms with E-state index in [0.717, 1.165) is 58.3 Å². The first kappa shape index (κ1) is 20.5. The Morgan fingerprint density at radius 1 is 1.03 bits per heavy atom. The highest BCUT2D eigenvalue weighted by Crippen LogP contribution is 2.26. The molecule has 0 aliphatic carbocycles. The lowest BCUT2D eigenvalue weighted by atomic mass is 10.1. The molecule has 5 aromatic rings. The summed E-state index contributed by atoms with van der Waals surface area (Å²) in [5.41, 5.74) is 4.30. The van der Waals surface area contributed by atoms with Crippen molar-refractivity contribution in [1.29, 1.82) is 0 Å². The van der Waals surface area contributed by atoms with Crippen LogP contribution in [-0.4, -0.2) is 29.7 Å². The lowest BCUT2D eigenvalue weighted by Gasteiger charge is -2.10. The van der Waals surface area contributed by atoms with E-state index in [4.69, 9.17) is 0 Å². The predicted octanol–water partition coefficient (Wildman–Crippen LogP) is 5.14. The Morgan fingerprint density at radius 2 is 1.94 bits per heavy atom. The van der Waals surface area contributed by atoms with Gasteiger partial charge in [0.15, 0.2) is 5.16 Å². The largest absolute Gasteiger partial charge is 0.361 e. The second kappa shape index (κ2) is 9.40. The molecule has 5 rings (SSSR count). The number of thioether (sulfide) groups is 1. The van der Waals surface area contributed by atoms with Gasteiger partial charge in [-0.2, -0.15) is 0 Å². The summed E-state index contributed by atoms with van der Waals surface area (Å²) in [4.78, 5) is 10.5. The Kier molecular flexibility index (Phi) is 6.02. The summed E-state index contributed by atoms with van der Waals surface area (Å²) < 4.78 is 16.0. The van der Waals surface area contributed by atoms with Crippen molar-refractivity contribution in [1.82, 2.24) is 29.7 Å². The number of hydrogen-bond donors (Lipinski definition) is 2. The minimum Gasteiger partial charge on any atom is -0.361 e. The van der Waals surface area contributed by atoms with Gasteiger partial charge in [-0.05, 0) is 42.2 Å². The maximum absolute atomic E-state index is 13.8. The second-order valence-electron chi connectivity index (χ2n) is 7.69. The molecule has 3 aromatic heterocycles. The molecule has 0 fully saturated rings. The quantitative estimate of drug-likeness (QED) is 0.308. The molecule has 6 nitrogen and oxygen atoms in total. The number of aromatic amines is 2. The fraction of sp³-hybridized carbons (Fsp3) is 0.208. The monoisotopic (exact) mass is 446 g/mol. The first-order valence-corrected chi connectivity index (χ1v) is 11.6. The van der Waals surface area contributed by atoms with Crippen molar-refractivity contribution < 1.29 is 4.39 Å². The molecule has 0 saturated heterocycles. The molecule has 0 radical (unpaired) electrons. The van der Waals surface area contributed by atoms with Crippen molar-refractivity contribution in [3.05, 3.63) is 95.7 Å². The van der Waals surface area contributed by atoms with Gasteiger partial charge in [0.05, 0.1) is 6.33 Å². The van der Waals surface area contributed by atoms with Crippen molar-refractivity contribution in [3.63, 3.8) is 0 Å². The highest BCUT2D eigenvalue weighted by Gasteiger charge is 2.15. The number of halogens is 1. The number of rotatable bonds is 9. The molecule has 0 aliphatic heterocycles. The molecule has 0 unspecified atom stereocenters. The Morgan fingerprint density at radius 3 is 2.78 bits per heavy atom. The van der Waals surface area contributed by atoms with Gasteiger partial charge < -0.3 is 14.5 Å². The van der Waals surface area contributed by atoms with Gasteiger partial charge in [0, 0.05) is 47.7 Å². The molecule has 2 N–H and O–H groups in total. The van der Waals surface area contributed by atoms with Gasteiger partial charge >= 0.3 is 0 Å². The van der Waals surface area contributed by atoms with Crippen molar-refractivity contribution in [2.45, 2.75) is 36.7 Å². The fourth-order valence-corrected chi connectivity index (χ4v) is 4.76. The number of benzene rings is 2. The molecule has 3 heterocycles. The zero-order valence-corrected chi connectivity index (χ0v) is 18.3. The summed E-state index contributed by atoms with van der Waals surface area (Å²) in [6.45, 7) is 0.801. The van der Waals surface area contributed by atoms with E-state index in [-0.39, 0.29) is 5.82 Å². The summed E-state index contributed by atoms with van der Waals surface area (Å²) in [6.07, 6.45) is 7.93. The molecule has 8 heteroatoms. The van der Waals surface area contributed by atoms with E-state index >= 15 is 0 Å². The molecule has 2 aromatic carbocycles. The van der Waals surface area contributed by atoms with Crippen LogP contribution in [0, 0.1) is 5.82 Å². The van der Waals surface area contributed by atoms with Gasteiger partial charge in [-0.1, -0.05) is 42.1 Å². The van der Waals surface area contributed by atoms with Gasteiger partial charge in [-0.3, -0.25) is 0 Å². The second-order valence-corrected chi connectivity index (χ2v) is 8.63. The molecular weight excluding hydrogens is 423 g/mol. The SMILES string of the molecule is Fc1ccc2[nH]cc(Cc3nnc(SCc4ccccc4)n3CCCc3cnc[nH]3)c2c1. The van der Waals surface area contributed by atoms with Crippen molar-refractivity contribution in [3.8, 4) is 0 Å². The highest BCUT2D eigenvalue weighted by atomic mass is 32.2. The predicted molar refractivity (Wildman–Crippen MR) is 124 cm³/mol. The summed E-state index contributed by atoms with van der Waals surface area (Å²) >= 11 is 1.69. The topological polar surface area (TPSA) is 75.2 Å². The van der Waals surface area contributed by atoms with Crippen LogP contribution in [0.15, 0.2) is 72.4 Å². The number of nitrogens with one attached hydrogen (secondary N) is 2. The lowest BCUT2D eigenvalue weighted by molar-refractivity contribution is 0.572. The van der Waals surface area contributed by atoms with Gasteiger partial charge in [0.25, 0.3) is 0 Å². The van der Waals surface area contributed by atoms with Crippen molar-refractivity contribution in [2.75, 3.05) is 0 Å². The smallest absolute Gasteiger partial charge is 0.191 e. The Bertz CT molecular complexity index is 1290. The standard InChI is InChI=1S/C24H23FN6S/c25-19-8-9-22-21(12-19)18(13-27-22)11-23-29-30-24(32-15-17-5-2-1-3-6-17)31(23)10-4-7-20-14-26-16-28-20/h1-3,5-6,8-9,12-14,16,27H,4,7,10-11,15H2,(H,26,28). The lowest BCUT2D eigenvalue weighted by Crippen LogP contribution is -2.07. The van der Waals surface area contributed by atoms with E-state index in [9.17, 15) is 4.39 Å². The number of imidazole rings is 1. The van der Waals surface area contributed by atoms with E-state index in [2.05, 4.69) is 41.8 Å². The van der Waals surface area contributed by atoms with Crippen molar-refractivity contribution >= 4 is 22.7 Å². The highest BCUT2D eigenvalue weighted by molar-refractivity contribution is 7.98. The number of fused-ring (bicyclic) bond motifs is 1. The number of aromatic nitrogens is 6. The van der Waals surface area contributed by atoms with Gasteiger partial charge in [-0.15, -0.1) is 10.2 Å². The Labute approximate surface area is 189 Å². The molecule has 0 atom stereocenters. The zero-order chi connectivity index (χ0) is 21.8. The van der Waals surface area contributed by atoms with E-state index in [1.54, 1.807) is 30.2 Å². The van der Waals surface area contributed by atoms with Gasteiger partial charge in [-0.25, -0.2) is 9.37 Å². The third kappa shape index (κ3) is 4.60. The fourth-order valence-electron chi connectivity index (χ4n) is 3.82. The minimum atomic E-state index is -0.238. The molecule has 0 saturated carbocycles. The average molecular weight is 447 g/mol. The van der Waals surface area contributed by atoms with Crippen LogP contribution < -0.4 is 0 Å². The maximum Gasteiger partial charge on any atom is 0.191 e. The average Bonchev–Trinajstić information content (AvgIpc) is 3.55. The number of H-pyrrole nitrogens is 2. The van der Waals surface area contributed by atoms with Gasteiger partial charge in [0.1, 0.15) is 11.6 Å². The number of aryl methyl sites for hydroxylation is 1. The molecule has 0 aliphatic rings. The molecule has 0 spiro atoms. The Hall–Kier alpha value is -3.39. The molecule has 32 heavy (non-hydrogen) atoms. The van der Waals surface area contributed by atoms with Gasteiger partial charge in [0.2, 0.25) is 0 Å². The van der Waals surface area contributed by atoms with E-state index in [1.807, 2.05) is 30.6 Å². The zero-order valence-electron chi connectivity index (χ0n) is 17.5. The van der Waals surface area contributed by atoms with Crippen LogP contribution >= 0.6 is 11.8 Å². The normalized spacial score (nSPS) is 11.4. The third-order valence-electron chi connectivity index (χ3n) is 5.46. The summed E-state index contributed by atoms with van der Waals surface area (Å²) in [7, 11) is 0.